The van der Waals surface area contributed by atoms with Crippen molar-refractivity contribution >= 4 is 11.8 Å². The van der Waals surface area contributed by atoms with Crippen LogP contribution in [0.3, 0.4) is 0 Å². The minimum absolute atomic E-state index is 0.132. The molecule has 0 bridgehead atoms. The molecule has 0 aromatic heterocycles. The van der Waals surface area contributed by atoms with Gasteiger partial charge in [0.15, 0.2) is 0 Å². The van der Waals surface area contributed by atoms with E-state index in [9.17, 15) is 14.7 Å². The number of carbonyl (C=O) groups excluding carboxylic acids is 2. The average Bonchev–Trinajstić information content (AvgIpc) is 3.32. The Kier molecular flexibility index (Phi) is 13.2. The number of hydrogen-bond donors (Lipinski definition) is 3. The van der Waals surface area contributed by atoms with E-state index < -0.39 is 11.2 Å². The van der Waals surface area contributed by atoms with Crippen LogP contribution in [0.2, 0.25) is 0 Å². The van der Waals surface area contributed by atoms with Crippen molar-refractivity contribution in [3.05, 3.63) is 58.7 Å². The molecule has 0 fully saturated rings. The third-order valence-electron chi connectivity index (χ3n) is 9.38. The van der Waals surface area contributed by atoms with Gasteiger partial charge in [0, 0.05) is 44.4 Å². The maximum atomic E-state index is 13.1. The van der Waals surface area contributed by atoms with Gasteiger partial charge >= 0.3 is 0 Å². The van der Waals surface area contributed by atoms with Gasteiger partial charge in [0.2, 0.25) is 0 Å². The zero-order chi connectivity index (χ0) is 35.0. The lowest BCUT2D eigenvalue weighted by Gasteiger charge is -2.29. The quantitative estimate of drug-likeness (QED) is 0.164. The summed E-state index contributed by atoms with van der Waals surface area (Å²) in [5.74, 6) is -0.676. The van der Waals surface area contributed by atoms with Crippen LogP contribution in [-0.2, 0) is 18.9 Å². The molecule has 1 aliphatic carbocycles. The molecule has 3 N–H and O–H groups in total. The fourth-order valence-corrected chi connectivity index (χ4v) is 5.49. The first-order chi connectivity index (χ1) is 21.9. The van der Waals surface area contributed by atoms with Gasteiger partial charge in [-0.1, -0.05) is 12.1 Å². The van der Waals surface area contributed by atoms with Crippen LogP contribution in [0, 0.1) is 0 Å². The molecule has 1 aliphatic rings. The number of methoxy groups -OCH3 is 2. The van der Waals surface area contributed by atoms with E-state index in [2.05, 4.69) is 10.6 Å². The van der Waals surface area contributed by atoms with Crippen LogP contribution in [0.5, 0.6) is 0 Å². The Morgan fingerprint density at radius 3 is 1.36 bits per heavy atom. The van der Waals surface area contributed by atoms with E-state index in [1.54, 1.807) is 14.2 Å². The van der Waals surface area contributed by atoms with Crippen molar-refractivity contribution < 1.29 is 33.6 Å². The smallest absolute Gasteiger partial charge is 0.251 e. The summed E-state index contributed by atoms with van der Waals surface area (Å²) in [6.45, 7) is 18.1. The van der Waals surface area contributed by atoms with Crippen LogP contribution in [0.1, 0.15) is 119 Å². The first-order valence-corrected chi connectivity index (χ1v) is 16.8. The number of fused-ring (bicyclic) bond motifs is 3. The molecule has 2 aromatic carbocycles. The van der Waals surface area contributed by atoms with Crippen molar-refractivity contribution in [1.82, 2.24) is 10.6 Å². The van der Waals surface area contributed by atoms with E-state index in [1.807, 2.05) is 91.8 Å². The highest BCUT2D eigenvalue weighted by atomic mass is 16.5. The topological polar surface area (TPSA) is 115 Å². The molecule has 0 spiro atoms. The fraction of sp³-hybridized carbons (Fsp3) is 0.632. The van der Waals surface area contributed by atoms with Gasteiger partial charge in [-0.05, 0) is 128 Å². The van der Waals surface area contributed by atoms with E-state index in [0.717, 1.165) is 35.1 Å². The minimum Gasteiger partial charge on any atom is -0.395 e. The maximum Gasteiger partial charge on any atom is 0.251 e. The van der Waals surface area contributed by atoms with E-state index in [0.29, 0.717) is 50.3 Å². The monoisotopic (exact) mass is 654 g/mol. The predicted molar refractivity (Wildman–Crippen MR) is 186 cm³/mol. The molecule has 47 heavy (non-hydrogen) atoms. The molecule has 2 aromatic rings. The summed E-state index contributed by atoms with van der Waals surface area (Å²) >= 11 is 0. The number of aliphatic hydroxyl groups excluding tert-OH is 1. The van der Waals surface area contributed by atoms with Gasteiger partial charge in [0.1, 0.15) is 0 Å². The van der Waals surface area contributed by atoms with Gasteiger partial charge in [-0.15, -0.1) is 0 Å². The molecule has 0 saturated heterocycles. The van der Waals surface area contributed by atoms with Crippen molar-refractivity contribution in [2.45, 2.75) is 109 Å². The Hall–Kier alpha value is -2.82. The lowest BCUT2D eigenvalue weighted by molar-refractivity contribution is -0.0611. The molecule has 0 saturated carbocycles. The highest BCUT2D eigenvalue weighted by Crippen LogP contribution is 2.45. The Balaban J connectivity index is 1.57. The first-order valence-electron chi connectivity index (χ1n) is 16.8. The van der Waals surface area contributed by atoms with Gasteiger partial charge in [0.25, 0.3) is 11.8 Å². The molecule has 3 rings (SSSR count). The maximum absolute atomic E-state index is 13.1. The summed E-state index contributed by atoms with van der Waals surface area (Å²) in [6, 6.07) is 11.2. The third-order valence-corrected chi connectivity index (χ3v) is 9.38. The second-order valence-corrected chi connectivity index (χ2v) is 15.0. The van der Waals surface area contributed by atoms with Crippen molar-refractivity contribution in [3.8, 4) is 11.1 Å². The van der Waals surface area contributed by atoms with E-state index in [-0.39, 0.29) is 35.5 Å². The van der Waals surface area contributed by atoms with Crippen LogP contribution in [0.15, 0.2) is 36.4 Å². The highest BCUT2D eigenvalue weighted by molar-refractivity contribution is 5.97. The molecule has 0 heterocycles. The van der Waals surface area contributed by atoms with Crippen LogP contribution >= 0.6 is 0 Å². The van der Waals surface area contributed by atoms with Crippen LogP contribution < -0.4 is 10.6 Å². The van der Waals surface area contributed by atoms with E-state index in [1.165, 1.54) is 0 Å². The number of benzene rings is 2. The summed E-state index contributed by atoms with van der Waals surface area (Å²) in [7, 11) is 3.40. The molecular weight excluding hydrogens is 596 g/mol. The first kappa shape index (κ1) is 38.6. The van der Waals surface area contributed by atoms with Crippen molar-refractivity contribution in [2.75, 3.05) is 47.1 Å². The van der Waals surface area contributed by atoms with Gasteiger partial charge in [-0.3, -0.25) is 9.59 Å². The van der Waals surface area contributed by atoms with Crippen LogP contribution in [-0.4, -0.2) is 86.5 Å². The largest absolute Gasteiger partial charge is 0.395 e. The molecule has 9 heteroatoms. The second kappa shape index (κ2) is 16.1. The Morgan fingerprint density at radius 1 is 0.638 bits per heavy atom. The highest BCUT2D eigenvalue weighted by Gasteiger charge is 2.30. The summed E-state index contributed by atoms with van der Waals surface area (Å²) in [5.41, 5.74) is 3.48. The summed E-state index contributed by atoms with van der Waals surface area (Å²) in [5, 5.41) is 16.4. The number of rotatable bonds is 19. The van der Waals surface area contributed by atoms with Gasteiger partial charge in [-0.2, -0.15) is 0 Å². The Labute approximate surface area is 282 Å². The van der Waals surface area contributed by atoms with Crippen molar-refractivity contribution in [3.63, 3.8) is 0 Å². The zero-order valence-corrected chi connectivity index (χ0v) is 30.3. The van der Waals surface area contributed by atoms with E-state index in [4.69, 9.17) is 18.9 Å². The average molecular weight is 655 g/mol. The number of hydrogen-bond acceptors (Lipinski definition) is 7. The molecule has 2 amide bonds. The number of carbonyl (C=O) groups is 2. The number of aliphatic hydroxyl groups is 1. The van der Waals surface area contributed by atoms with Gasteiger partial charge in [-0.25, -0.2) is 0 Å². The minimum atomic E-state index is -0.395. The number of amides is 2. The normalized spacial score (nSPS) is 13.8. The molecule has 0 unspecified atom stereocenters. The van der Waals surface area contributed by atoms with Crippen LogP contribution in [0.4, 0.5) is 0 Å². The Bertz CT molecular complexity index is 1260. The Morgan fingerprint density at radius 2 is 1.02 bits per heavy atom. The van der Waals surface area contributed by atoms with Crippen LogP contribution in [0.25, 0.3) is 11.1 Å². The fourth-order valence-electron chi connectivity index (χ4n) is 5.49. The molecule has 0 aliphatic heterocycles. The zero-order valence-electron chi connectivity index (χ0n) is 30.3. The SMILES string of the molecule is COC(C)(C)CCOC(C)(C)CCNC(=O)c1ccc2c(c1)C(CO)c1cc(C(=O)NCCC(C)(C)OCCC(C)(C)OC)ccc1-2. The molecule has 0 radical (unpaired) electrons. The second-order valence-electron chi connectivity index (χ2n) is 15.0. The standard InChI is InChI=1S/C38H58N2O7/c1-35(2,44-9)17-21-46-37(5,6)15-19-39-33(42)26-11-13-28-29-14-12-27(24-31(29)32(25-41)30(28)23-26)34(43)40-20-16-38(7,8)47-22-18-36(3,4)45-10/h11-14,23-24,32,41H,15-22,25H2,1-10H3,(H,39,42)(H,40,43). The molecule has 9 nitrogen and oxygen atoms in total. The summed E-state index contributed by atoms with van der Waals surface area (Å²) in [6.07, 6.45) is 2.86. The molecule has 262 valence electrons. The number of nitrogens with one attached hydrogen (secondary N) is 2. The number of ether oxygens (including phenoxy) is 4. The third kappa shape index (κ3) is 11.1. The van der Waals surface area contributed by atoms with Crippen molar-refractivity contribution in [2.24, 2.45) is 0 Å². The lowest BCUT2D eigenvalue weighted by Crippen LogP contribution is -2.34. The predicted octanol–water partition coefficient (Wildman–Crippen LogP) is 6.25. The molecule has 0 atom stereocenters. The van der Waals surface area contributed by atoms with Crippen molar-refractivity contribution in [1.29, 1.82) is 0 Å². The van der Waals surface area contributed by atoms with Gasteiger partial charge in [0.05, 0.1) is 42.2 Å². The van der Waals surface area contributed by atoms with E-state index >= 15 is 0 Å². The lowest BCUT2D eigenvalue weighted by atomic mass is 9.95. The summed E-state index contributed by atoms with van der Waals surface area (Å²) < 4.78 is 23.1. The van der Waals surface area contributed by atoms with Gasteiger partial charge < -0.3 is 34.7 Å². The summed E-state index contributed by atoms with van der Waals surface area (Å²) in [4.78, 5) is 26.2. The molecular formula is C38H58N2O7.